The minimum atomic E-state index is -5.27. The van der Waals surface area contributed by atoms with Crippen molar-refractivity contribution in [3.8, 4) is 0 Å². The monoisotopic (exact) mass is 1220 g/mol. The van der Waals surface area contributed by atoms with Gasteiger partial charge in [-0.15, -0.1) is 0 Å². The highest BCUT2D eigenvalue weighted by molar-refractivity contribution is 7.46. The second kappa shape index (κ2) is 50.9. The molecule has 2 fully saturated rings. The number of esters is 1. The van der Waals surface area contributed by atoms with E-state index in [0.29, 0.717) is 25.7 Å². The number of nitrogens with one attached hydrogen (secondary N) is 1. The largest absolute Gasteiger partial charge is 0.470 e. The first-order valence-corrected chi connectivity index (χ1v) is 35.3. The fourth-order valence-corrected chi connectivity index (χ4v) is 11.8. The molecule has 6 N–H and O–H groups in total. The van der Waals surface area contributed by atoms with Crippen LogP contribution < -0.4 is 5.32 Å². The van der Waals surface area contributed by atoms with E-state index in [-0.39, 0.29) is 37.9 Å². The number of phosphoric ester groups is 1. The van der Waals surface area contributed by atoms with Gasteiger partial charge in [0.25, 0.3) is 0 Å². The van der Waals surface area contributed by atoms with Gasteiger partial charge in [0.1, 0.15) is 48.4 Å². The predicted molar refractivity (Wildman–Crippen MR) is 329 cm³/mol. The standard InChI is InChI=1S/C65H122NO17P/c1-6-10-14-18-21-24-25-26-27-28-29-31-33-37-41-45-57(70)82-63-62(78-48-46-53(76-5)44-40-35-17-13-9-4)60(83-84(73,74)75)54(50-67)81-65(63)79-51-55-59(71)61(77-47-42-38-34-23-20-16-12-8-3)58(64(72)80-55)66-56(69)49-52(68)43-39-36-32-30-22-19-15-11-7-2/h24-25,53-55,58-65,67,71-72H,6-23,26-51H2,1-5H3,(H,66,69)(H2,73,74,75)/t53-,54-,55-,58-,59-,60-,61-,62+,63-,64+,65-/m1/s1. The number of methoxy groups -OCH3 is 1. The lowest BCUT2D eigenvalue weighted by Crippen LogP contribution is -2.66. The topological polar surface area (TPSA) is 255 Å². The Labute approximate surface area is 508 Å². The molecule has 0 unspecified atom stereocenters. The van der Waals surface area contributed by atoms with Crippen LogP contribution in [0, 0.1) is 0 Å². The van der Waals surface area contributed by atoms with Crippen LogP contribution in [0.4, 0.5) is 0 Å². The summed E-state index contributed by atoms with van der Waals surface area (Å²) in [4.78, 5) is 60.6. The number of ether oxygens (including phenoxy) is 7. The molecular weight excluding hydrogens is 1100 g/mol. The van der Waals surface area contributed by atoms with Crippen molar-refractivity contribution in [3.63, 3.8) is 0 Å². The average Bonchev–Trinajstić information content (AvgIpc) is 3.51. The number of amides is 1. The summed E-state index contributed by atoms with van der Waals surface area (Å²) < 4.78 is 60.8. The van der Waals surface area contributed by atoms with Crippen LogP contribution in [0.5, 0.6) is 0 Å². The summed E-state index contributed by atoms with van der Waals surface area (Å²) in [5.41, 5.74) is 0. The maximum atomic E-state index is 13.9. The van der Waals surface area contributed by atoms with Gasteiger partial charge in [-0.2, -0.15) is 0 Å². The Morgan fingerprint density at radius 3 is 1.57 bits per heavy atom. The van der Waals surface area contributed by atoms with Gasteiger partial charge >= 0.3 is 13.8 Å². The van der Waals surface area contributed by atoms with Crippen LogP contribution in [0.3, 0.4) is 0 Å². The molecule has 0 aromatic heterocycles. The van der Waals surface area contributed by atoms with E-state index in [1.807, 2.05) is 0 Å². The maximum Gasteiger partial charge on any atom is 0.470 e. The van der Waals surface area contributed by atoms with E-state index in [4.69, 9.17) is 37.7 Å². The van der Waals surface area contributed by atoms with Crippen molar-refractivity contribution in [1.82, 2.24) is 5.32 Å². The number of carbonyl (C=O) groups is 3. The van der Waals surface area contributed by atoms with Crippen molar-refractivity contribution in [1.29, 1.82) is 0 Å². The SMILES string of the molecule is CCCCCCC=CCCCCCCCCCC(=O)O[C@H]1[C@H](OC[C@H]2O[C@H](O)[C@H](NC(=O)CC(=O)CCCCCCCCCCC)[C@@H](OCCCCCCCCCC)[C@@H]2O)O[C@H](CO)[C@@H](OP(=O)(O)O)[C@@H]1OCC[C@@H](CCCCCCC)OC. The maximum absolute atomic E-state index is 13.9. The van der Waals surface area contributed by atoms with Crippen LogP contribution in [-0.2, 0) is 56.6 Å². The molecule has 11 atom stereocenters. The summed E-state index contributed by atoms with van der Waals surface area (Å²) in [7, 11) is -3.66. The molecule has 0 bridgehead atoms. The molecule has 2 saturated heterocycles. The summed E-state index contributed by atoms with van der Waals surface area (Å²) >= 11 is 0. The Balaban J connectivity index is 2.29. The molecule has 0 spiro atoms. The smallest absolute Gasteiger partial charge is 0.454 e. The molecule has 0 aromatic carbocycles. The average molecular weight is 1220 g/mol. The quantitative estimate of drug-likeness (QED) is 0.0109. The van der Waals surface area contributed by atoms with Gasteiger partial charge in [0.2, 0.25) is 5.91 Å². The highest BCUT2D eigenvalue weighted by Crippen LogP contribution is 2.43. The van der Waals surface area contributed by atoms with E-state index >= 15 is 0 Å². The Hall–Kier alpha value is -1.90. The summed E-state index contributed by atoms with van der Waals surface area (Å²) in [6, 6.07) is -1.26. The minimum absolute atomic E-state index is 0.0140. The predicted octanol–water partition coefficient (Wildman–Crippen LogP) is 13.3. The fourth-order valence-electron chi connectivity index (χ4n) is 11.2. The Morgan fingerprint density at radius 2 is 1.04 bits per heavy atom. The zero-order chi connectivity index (χ0) is 61.5. The first-order chi connectivity index (χ1) is 40.7. The van der Waals surface area contributed by atoms with Crippen LogP contribution in [0.15, 0.2) is 12.2 Å². The number of carbonyl (C=O) groups excluding carboxylic acids is 3. The van der Waals surface area contributed by atoms with Crippen LogP contribution in [0.1, 0.15) is 285 Å². The summed E-state index contributed by atoms with van der Waals surface area (Å²) in [5.74, 6) is -1.50. The van der Waals surface area contributed by atoms with Crippen LogP contribution in [-0.4, -0.2) is 144 Å². The Bertz CT molecular complexity index is 1690. The van der Waals surface area contributed by atoms with Crippen LogP contribution in [0.25, 0.3) is 0 Å². The van der Waals surface area contributed by atoms with Gasteiger partial charge in [-0.1, -0.05) is 220 Å². The van der Waals surface area contributed by atoms with E-state index in [2.05, 4.69) is 45.2 Å². The van der Waals surface area contributed by atoms with Crippen molar-refractivity contribution >= 4 is 25.5 Å². The van der Waals surface area contributed by atoms with Gasteiger partial charge in [0, 0.05) is 33.2 Å². The molecule has 2 rings (SSSR count). The number of rotatable bonds is 56. The van der Waals surface area contributed by atoms with Gasteiger partial charge < -0.3 is 63.6 Å². The van der Waals surface area contributed by atoms with E-state index in [1.165, 1.54) is 70.6 Å². The van der Waals surface area contributed by atoms with Gasteiger partial charge in [-0.25, -0.2) is 4.57 Å². The van der Waals surface area contributed by atoms with Gasteiger partial charge in [0.05, 0.1) is 25.7 Å². The molecule has 1 amide bonds. The summed E-state index contributed by atoms with van der Waals surface area (Å²) in [6.07, 6.45) is 29.4. The third-order valence-electron chi connectivity index (χ3n) is 16.3. The molecule has 2 aliphatic heterocycles. The minimum Gasteiger partial charge on any atom is -0.454 e. The van der Waals surface area contributed by atoms with Crippen molar-refractivity contribution in [2.45, 2.75) is 352 Å². The molecule has 84 heavy (non-hydrogen) atoms. The molecule has 0 aliphatic carbocycles. The van der Waals surface area contributed by atoms with E-state index < -0.39 is 101 Å². The molecule has 2 aliphatic rings. The zero-order valence-corrected chi connectivity index (χ0v) is 54.1. The van der Waals surface area contributed by atoms with Gasteiger partial charge in [-0.05, 0) is 57.8 Å². The highest BCUT2D eigenvalue weighted by atomic mass is 31.2. The van der Waals surface area contributed by atoms with E-state index in [0.717, 1.165) is 141 Å². The Kier molecular flexibility index (Phi) is 47.4. The molecule has 0 aromatic rings. The van der Waals surface area contributed by atoms with Crippen molar-refractivity contribution < 1.29 is 81.7 Å². The second-order valence-electron chi connectivity index (χ2n) is 23.8. The fraction of sp³-hybridized carbons (Fsp3) is 0.923. The third kappa shape index (κ3) is 37.2. The first-order valence-electron chi connectivity index (χ1n) is 33.8. The first kappa shape index (κ1) is 78.2. The number of unbranched alkanes of at least 4 members (excludes halogenated alkanes) is 30. The van der Waals surface area contributed by atoms with Gasteiger partial charge in [-0.3, -0.25) is 18.9 Å². The number of allylic oxidation sites excluding steroid dienone is 2. The normalized spacial score (nSPS) is 23.3. The molecule has 0 saturated carbocycles. The van der Waals surface area contributed by atoms with Crippen LogP contribution >= 0.6 is 7.82 Å². The van der Waals surface area contributed by atoms with Gasteiger partial charge in [0.15, 0.2) is 18.7 Å². The molecule has 19 heteroatoms. The molecular formula is C65H122NO17P. The highest BCUT2D eigenvalue weighted by Gasteiger charge is 2.53. The molecule has 494 valence electrons. The lowest BCUT2D eigenvalue weighted by molar-refractivity contribution is -0.324. The van der Waals surface area contributed by atoms with Crippen LogP contribution in [0.2, 0.25) is 0 Å². The number of aliphatic hydroxyl groups excluding tert-OH is 3. The number of Topliss-reactive ketones (excluding diaryl/α,β-unsaturated/α-hetero) is 1. The van der Waals surface area contributed by atoms with Crippen molar-refractivity contribution in [3.05, 3.63) is 12.2 Å². The number of aliphatic hydroxyl groups is 3. The Morgan fingerprint density at radius 1 is 0.548 bits per heavy atom. The zero-order valence-electron chi connectivity index (χ0n) is 53.2. The van der Waals surface area contributed by atoms with Crippen molar-refractivity contribution in [2.75, 3.05) is 33.5 Å². The summed E-state index contributed by atoms with van der Waals surface area (Å²) in [6.45, 7) is 7.62. The summed E-state index contributed by atoms with van der Waals surface area (Å²) in [5, 5.41) is 37.0. The molecule has 2 heterocycles. The number of ketones is 1. The number of hydrogen-bond acceptors (Lipinski definition) is 15. The molecule has 0 radical (unpaired) electrons. The lowest BCUT2D eigenvalue weighted by Gasteiger charge is -2.46. The second-order valence-corrected chi connectivity index (χ2v) is 25.0. The number of phosphoric acid groups is 1. The third-order valence-corrected chi connectivity index (χ3v) is 16.8. The lowest BCUT2D eigenvalue weighted by atomic mass is 9.96. The number of hydrogen-bond donors (Lipinski definition) is 6. The molecule has 18 nitrogen and oxygen atoms in total. The van der Waals surface area contributed by atoms with E-state index in [1.54, 1.807) is 7.11 Å². The van der Waals surface area contributed by atoms with E-state index in [9.17, 15) is 44.1 Å². The van der Waals surface area contributed by atoms with Crippen molar-refractivity contribution in [2.24, 2.45) is 0 Å².